The second kappa shape index (κ2) is 5.23. The van der Waals surface area contributed by atoms with Crippen LogP contribution in [0.1, 0.15) is 30.9 Å². The van der Waals surface area contributed by atoms with Crippen LogP contribution in [0.3, 0.4) is 0 Å². The van der Waals surface area contributed by atoms with E-state index in [0.29, 0.717) is 11.9 Å². The van der Waals surface area contributed by atoms with E-state index in [9.17, 15) is 10.1 Å². The van der Waals surface area contributed by atoms with E-state index in [2.05, 4.69) is 20.6 Å². The van der Waals surface area contributed by atoms with Crippen LogP contribution in [0.2, 0.25) is 0 Å². The Balaban J connectivity index is 1.60. The van der Waals surface area contributed by atoms with Crippen LogP contribution in [0, 0.1) is 10.1 Å². The minimum Gasteiger partial charge on any atom is -0.312 e. The lowest BCUT2D eigenvalue weighted by molar-refractivity contribution is -0.385. The first-order valence-electron chi connectivity index (χ1n) is 8.45. The first kappa shape index (κ1) is 14.3. The largest absolute Gasteiger partial charge is 0.312 e. The number of fused-ring (bicyclic) bond motifs is 2. The van der Waals surface area contributed by atoms with Crippen molar-refractivity contribution in [3.63, 3.8) is 0 Å². The molecule has 1 aliphatic carbocycles. The van der Waals surface area contributed by atoms with E-state index in [1.807, 2.05) is 11.2 Å². The van der Waals surface area contributed by atoms with Crippen LogP contribution in [0.5, 0.6) is 0 Å². The summed E-state index contributed by atoms with van der Waals surface area (Å²) in [5, 5.41) is 10.8. The molecule has 8 heteroatoms. The first-order valence-corrected chi connectivity index (χ1v) is 8.45. The predicted molar refractivity (Wildman–Crippen MR) is 92.0 cm³/mol. The lowest BCUT2D eigenvalue weighted by Crippen LogP contribution is -2.26. The van der Waals surface area contributed by atoms with Crippen LogP contribution in [0.25, 0.3) is 11.2 Å². The van der Waals surface area contributed by atoms with Crippen molar-refractivity contribution in [2.24, 2.45) is 0 Å². The number of imidazole rings is 1. The van der Waals surface area contributed by atoms with Gasteiger partial charge in [0.15, 0.2) is 5.65 Å². The second-order valence-electron chi connectivity index (χ2n) is 6.58. The van der Waals surface area contributed by atoms with Crippen LogP contribution in [-0.4, -0.2) is 31.0 Å². The number of aryl methyl sites for hydroxylation is 1. The molecule has 1 saturated carbocycles. The molecule has 5 rings (SSSR count). The van der Waals surface area contributed by atoms with Crippen LogP contribution in [0.15, 0.2) is 30.7 Å². The van der Waals surface area contributed by atoms with Gasteiger partial charge >= 0.3 is 0 Å². The van der Waals surface area contributed by atoms with Gasteiger partial charge in [-0.1, -0.05) is 0 Å². The molecule has 0 radical (unpaired) electrons. The summed E-state index contributed by atoms with van der Waals surface area (Å²) >= 11 is 0. The van der Waals surface area contributed by atoms with E-state index in [1.165, 1.54) is 25.1 Å². The summed E-state index contributed by atoms with van der Waals surface area (Å²) in [6.45, 7) is 0.799. The highest BCUT2D eigenvalue weighted by Crippen LogP contribution is 2.39. The molecule has 0 N–H and O–H groups in total. The maximum Gasteiger partial charge on any atom is 0.287 e. The summed E-state index contributed by atoms with van der Waals surface area (Å²) in [5.41, 5.74) is 3.00. The number of pyridine rings is 2. The molecule has 0 atom stereocenters. The number of hydrogen-bond acceptors (Lipinski definition) is 6. The molecule has 0 saturated heterocycles. The van der Waals surface area contributed by atoms with Gasteiger partial charge in [0.25, 0.3) is 5.69 Å². The molecule has 0 spiro atoms. The number of hydrogen-bond donors (Lipinski definition) is 0. The summed E-state index contributed by atoms with van der Waals surface area (Å²) in [7, 11) is 0. The Morgan fingerprint density at radius 2 is 2.12 bits per heavy atom. The van der Waals surface area contributed by atoms with Crippen molar-refractivity contribution in [3.8, 4) is 0 Å². The molecule has 0 amide bonds. The number of nitro groups is 1. The highest BCUT2D eigenvalue weighted by Gasteiger charge is 2.28. The van der Waals surface area contributed by atoms with Crippen LogP contribution in [-0.2, 0) is 6.42 Å². The summed E-state index contributed by atoms with van der Waals surface area (Å²) in [6.07, 6.45) is 7.49. The number of rotatable bonds is 3. The van der Waals surface area contributed by atoms with E-state index in [4.69, 9.17) is 4.98 Å². The Morgan fingerprint density at radius 3 is 2.84 bits per heavy atom. The maximum atomic E-state index is 10.8. The van der Waals surface area contributed by atoms with Crippen LogP contribution in [0.4, 0.5) is 17.3 Å². The van der Waals surface area contributed by atoms with Gasteiger partial charge < -0.3 is 9.47 Å². The van der Waals surface area contributed by atoms with Gasteiger partial charge in [-0.2, -0.15) is 0 Å². The molecular formula is C17H16N6O2. The molecule has 0 aromatic carbocycles. The van der Waals surface area contributed by atoms with Gasteiger partial charge in [0.2, 0.25) is 0 Å². The van der Waals surface area contributed by atoms with Gasteiger partial charge in [-0.3, -0.25) is 10.1 Å². The Hall–Kier alpha value is -3.03. The SMILES string of the molecule is O=[N+]([O-])c1ccc(N2CCCc3cc4ncn(C5CC5)c4nc32)nc1. The zero-order chi connectivity index (χ0) is 17.0. The van der Waals surface area contributed by atoms with Gasteiger partial charge in [-0.25, -0.2) is 15.0 Å². The fourth-order valence-corrected chi connectivity index (χ4v) is 3.43. The predicted octanol–water partition coefficient (Wildman–Crippen LogP) is 3.15. The van der Waals surface area contributed by atoms with E-state index in [-0.39, 0.29) is 5.69 Å². The summed E-state index contributed by atoms with van der Waals surface area (Å²) in [5.74, 6) is 1.58. The van der Waals surface area contributed by atoms with Crippen molar-refractivity contribution in [2.75, 3.05) is 11.4 Å². The second-order valence-corrected chi connectivity index (χ2v) is 6.58. The smallest absolute Gasteiger partial charge is 0.287 e. The zero-order valence-corrected chi connectivity index (χ0v) is 13.5. The standard InChI is InChI=1S/C17H16N6O2/c24-23(25)13-5-6-15(18-9-13)21-7-1-2-11-8-14-17(20-16(11)21)22(10-19-14)12-3-4-12/h5-6,8-10,12H,1-4,7H2. The highest BCUT2D eigenvalue weighted by atomic mass is 16.6. The molecule has 1 aliphatic heterocycles. The average Bonchev–Trinajstić information content (AvgIpc) is 3.39. The van der Waals surface area contributed by atoms with E-state index in [0.717, 1.165) is 41.9 Å². The highest BCUT2D eigenvalue weighted by molar-refractivity contribution is 5.78. The summed E-state index contributed by atoms with van der Waals surface area (Å²) in [6, 6.07) is 5.82. The van der Waals surface area contributed by atoms with Gasteiger partial charge in [0.1, 0.15) is 23.3 Å². The first-order chi connectivity index (χ1) is 12.2. The van der Waals surface area contributed by atoms with Gasteiger partial charge in [-0.15, -0.1) is 0 Å². The molecular weight excluding hydrogens is 320 g/mol. The van der Waals surface area contributed by atoms with Gasteiger partial charge in [0.05, 0.1) is 11.3 Å². The fraction of sp³-hybridized carbons (Fsp3) is 0.353. The normalized spacial score (nSPS) is 16.9. The lowest BCUT2D eigenvalue weighted by Gasteiger charge is -2.29. The van der Waals surface area contributed by atoms with Gasteiger partial charge in [-0.05, 0) is 43.4 Å². The number of nitrogens with zero attached hydrogens (tertiary/aromatic N) is 6. The third-order valence-electron chi connectivity index (χ3n) is 4.85. The third-order valence-corrected chi connectivity index (χ3v) is 4.85. The van der Waals surface area contributed by atoms with Crippen LogP contribution >= 0.6 is 0 Å². The minimum atomic E-state index is -0.434. The van der Waals surface area contributed by atoms with Crippen molar-refractivity contribution in [1.82, 2.24) is 19.5 Å². The molecule has 4 heterocycles. The molecule has 8 nitrogen and oxygen atoms in total. The fourth-order valence-electron chi connectivity index (χ4n) is 3.43. The molecule has 2 aliphatic rings. The Morgan fingerprint density at radius 1 is 1.24 bits per heavy atom. The van der Waals surface area contributed by atoms with Gasteiger partial charge in [0, 0.05) is 18.7 Å². The topological polar surface area (TPSA) is 90.0 Å². The van der Waals surface area contributed by atoms with Crippen molar-refractivity contribution in [3.05, 3.63) is 46.4 Å². The lowest BCUT2D eigenvalue weighted by atomic mass is 10.1. The van der Waals surface area contributed by atoms with Crippen molar-refractivity contribution >= 4 is 28.5 Å². The average molecular weight is 336 g/mol. The number of aromatic nitrogens is 4. The summed E-state index contributed by atoms with van der Waals surface area (Å²) in [4.78, 5) is 26.1. The monoisotopic (exact) mass is 336 g/mol. The number of anilines is 2. The van der Waals surface area contributed by atoms with Crippen molar-refractivity contribution in [1.29, 1.82) is 0 Å². The van der Waals surface area contributed by atoms with E-state index < -0.39 is 4.92 Å². The van der Waals surface area contributed by atoms with E-state index >= 15 is 0 Å². The molecule has 126 valence electrons. The zero-order valence-electron chi connectivity index (χ0n) is 13.5. The third kappa shape index (κ3) is 2.33. The minimum absolute atomic E-state index is 0.00351. The van der Waals surface area contributed by atoms with Crippen LogP contribution < -0.4 is 4.90 Å². The molecule has 3 aromatic heterocycles. The quantitative estimate of drug-likeness (QED) is 0.539. The van der Waals surface area contributed by atoms with Crippen molar-refractivity contribution in [2.45, 2.75) is 31.7 Å². The molecule has 0 bridgehead atoms. The Kier molecular flexibility index (Phi) is 3.00. The molecule has 3 aromatic rings. The summed E-state index contributed by atoms with van der Waals surface area (Å²) < 4.78 is 2.16. The van der Waals surface area contributed by atoms with E-state index in [1.54, 1.807) is 6.07 Å². The molecule has 0 unspecified atom stereocenters. The molecule has 25 heavy (non-hydrogen) atoms. The van der Waals surface area contributed by atoms with Crippen molar-refractivity contribution < 1.29 is 4.92 Å². The molecule has 1 fully saturated rings. The Bertz CT molecular complexity index is 977. The Labute approximate surface area is 143 Å². The maximum absolute atomic E-state index is 10.8.